The van der Waals surface area contributed by atoms with Gasteiger partial charge in [-0.2, -0.15) is 0 Å². The number of hydrogen-bond acceptors (Lipinski definition) is 6. The molecular weight excluding hydrogens is 314 g/mol. The highest BCUT2D eigenvalue weighted by Gasteiger charge is 2.14. The maximum Gasteiger partial charge on any atom is 0.271 e. The fraction of sp³-hybridized carbons (Fsp3) is 0.125. The van der Waals surface area contributed by atoms with Crippen LogP contribution in [0.4, 0.5) is 0 Å². The van der Waals surface area contributed by atoms with E-state index in [2.05, 4.69) is 15.3 Å². The minimum absolute atomic E-state index is 0.0555. The van der Waals surface area contributed by atoms with Gasteiger partial charge in [0.15, 0.2) is 0 Å². The van der Waals surface area contributed by atoms with Crippen molar-refractivity contribution in [2.24, 2.45) is 0 Å². The van der Waals surface area contributed by atoms with E-state index in [0.717, 1.165) is 17.1 Å². The van der Waals surface area contributed by atoms with E-state index in [9.17, 15) is 9.59 Å². The Hall–Kier alpha value is -2.67. The van der Waals surface area contributed by atoms with E-state index >= 15 is 0 Å². The molecule has 1 N–H and O–H groups in total. The standard InChI is InChI=1S/C16H13N3O3S/c1-23-16(21)12-4-2-3-10-7-11(22-14(10)12)8-19-15(20)13-9-17-5-6-18-13/h2-7,9H,8H2,1H3,(H,19,20). The van der Waals surface area contributed by atoms with Gasteiger partial charge >= 0.3 is 0 Å². The molecule has 0 fully saturated rings. The molecule has 116 valence electrons. The summed E-state index contributed by atoms with van der Waals surface area (Å²) in [6.07, 6.45) is 6.08. The van der Waals surface area contributed by atoms with E-state index in [1.54, 1.807) is 12.3 Å². The number of furan rings is 1. The van der Waals surface area contributed by atoms with Crippen molar-refractivity contribution in [1.82, 2.24) is 15.3 Å². The molecule has 6 nitrogen and oxygen atoms in total. The normalized spacial score (nSPS) is 10.7. The van der Waals surface area contributed by atoms with Gasteiger partial charge in [0.05, 0.1) is 18.3 Å². The number of nitrogens with one attached hydrogen (secondary N) is 1. The molecule has 7 heteroatoms. The molecule has 0 aliphatic heterocycles. The van der Waals surface area contributed by atoms with Crippen LogP contribution in [0.1, 0.15) is 26.6 Å². The number of nitrogens with zero attached hydrogens (tertiary/aromatic N) is 2. The Labute approximate surface area is 136 Å². The lowest BCUT2D eigenvalue weighted by atomic mass is 10.2. The van der Waals surface area contributed by atoms with Crippen molar-refractivity contribution in [3.63, 3.8) is 0 Å². The number of carbonyl (C=O) groups excluding carboxylic acids is 2. The summed E-state index contributed by atoms with van der Waals surface area (Å²) >= 11 is 1.13. The van der Waals surface area contributed by atoms with Crippen LogP contribution in [0.5, 0.6) is 0 Å². The van der Waals surface area contributed by atoms with Gasteiger partial charge in [-0.1, -0.05) is 23.9 Å². The lowest BCUT2D eigenvalue weighted by Gasteiger charge is -2.01. The van der Waals surface area contributed by atoms with E-state index in [0.29, 0.717) is 16.9 Å². The summed E-state index contributed by atoms with van der Waals surface area (Å²) in [6.45, 7) is 0.205. The van der Waals surface area contributed by atoms with Gasteiger partial charge < -0.3 is 9.73 Å². The van der Waals surface area contributed by atoms with E-state index in [1.165, 1.54) is 18.6 Å². The first-order valence-corrected chi connectivity index (χ1v) is 8.05. The molecule has 2 heterocycles. The second-order valence-corrected chi connectivity index (χ2v) is 5.48. The van der Waals surface area contributed by atoms with Crippen LogP contribution in [0.15, 0.2) is 47.3 Å². The first-order valence-electron chi connectivity index (χ1n) is 6.83. The lowest BCUT2D eigenvalue weighted by Crippen LogP contribution is -2.23. The Kier molecular flexibility index (Phi) is 4.38. The summed E-state index contributed by atoms with van der Waals surface area (Å²) in [4.78, 5) is 31.6. The van der Waals surface area contributed by atoms with Crippen LogP contribution >= 0.6 is 11.8 Å². The highest BCUT2D eigenvalue weighted by molar-refractivity contribution is 8.13. The molecule has 23 heavy (non-hydrogen) atoms. The molecule has 0 aliphatic carbocycles. The maximum atomic E-state index is 11.9. The maximum absolute atomic E-state index is 11.9. The zero-order valence-corrected chi connectivity index (χ0v) is 13.1. The summed E-state index contributed by atoms with van der Waals surface area (Å²) < 4.78 is 5.72. The van der Waals surface area contributed by atoms with Crippen LogP contribution in [-0.2, 0) is 6.54 Å². The molecule has 0 spiro atoms. The third kappa shape index (κ3) is 3.24. The minimum Gasteiger partial charge on any atom is -0.458 e. The molecule has 2 aromatic heterocycles. The average molecular weight is 327 g/mol. The molecule has 1 aromatic carbocycles. The van der Waals surface area contributed by atoms with Crippen molar-refractivity contribution >= 4 is 33.8 Å². The summed E-state index contributed by atoms with van der Waals surface area (Å²) in [5.74, 6) is 0.234. The van der Waals surface area contributed by atoms with Gasteiger partial charge in [-0.3, -0.25) is 14.6 Å². The second-order valence-electron chi connectivity index (χ2n) is 4.70. The molecule has 0 aliphatic rings. The van der Waals surface area contributed by atoms with Crippen LogP contribution in [0, 0.1) is 0 Å². The Bertz CT molecular complexity index is 861. The largest absolute Gasteiger partial charge is 0.458 e. The van der Waals surface area contributed by atoms with E-state index in [1.807, 2.05) is 18.2 Å². The highest BCUT2D eigenvalue weighted by Crippen LogP contribution is 2.25. The minimum atomic E-state index is -0.334. The molecule has 3 rings (SSSR count). The first-order chi connectivity index (χ1) is 11.2. The number of benzene rings is 1. The quantitative estimate of drug-likeness (QED) is 0.793. The molecule has 0 radical (unpaired) electrons. The summed E-state index contributed by atoms with van der Waals surface area (Å²) in [7, 11) is 0. The smallest absolute Gasteiger partial charge is 0.271 e. The van der Waals surface area contributed by atoms with Crippen molar-refractivity contribution in [1.29, 1.82) is 0 Å². The molecule has 0 unspecified atom stereocenters. The molecule has 1 amide bonds. The summed E-state index contributed by atoms with van der Waals surface area (Å²) in [6, 6.07) is 7.21. The zero-order chi connectivity index (χ0) is 16.2. The Balaban J connectivity index is 1.79. The Morgan fingerprint density at radius 2 is 2.17 bits per heavy atom. The van der Waals surface area contributed by atoms with Gasteiger partial charge in [0, 0.05) is 17.8 Å². The third-order valence-corrected chi connectivity index (χ3v) is 3.81. The molecular formula is C16H13N3O3S. The van der Waals surface area contributed by atoms with Crippen molar-refractivity contribution in [2.45, 2.75) is 6.54 Å². The lowest BCUT2D eigenvalue weighted by molar-refractivity contribution is 0.0942. The summed E-state index contributed by atoms with van der Waals surface area (Å²) in [5, 5.41) is 3.49. The number of amides is 1. The Morgan fingerprint density at radius 1 is 1.30 bits per heavy atom. The van der Waals surface area contributed by atoms with Crippen LogP contribution < -0.4 is 5.32 Å². The van der Waals surface area contributed by atoms with Crippen LogP contribution in [0.25, 0.3) is 11.0 Å². The van der Waals surface area contributed by atoms with Gasteiger partial charge in [0.1, 0.15) is 17.0 Å². The molecule has 0 bridgehead atoms. The van der Waals surface area contributed by atoms with Gasteiger partial charge in [-0.15, -0.1) is 0 Å². The number of rotatable bonds is 4. The molecule has 0 atom stereocenters. The topological polar surface area (TPSA) is 85.1 Å². The molecule has 3 aromatic rings. The van der Waals surface area contributed by atoms with Gasteiger partial charge in [-0.05, 0) is 18.4 Å². The predicted octanol–water partition coefficient (Wildman–Crippen LogP) is 2.66. The third-order valence-electron chi connectivity index (χ3n) is 3.22. The highest BCUT2D eigenvalue weighted by atomic mass is 32.2. The number of carbonyl (C=O) groups is 2. The second kappa shape index (κ2) is 6.62. The molecule has 0 saturated heterocycles. The van der Waals surface area contributed by atoms with Gasteiger partial charge in [-0.25, -0.2) is 4.98 Å². The van der Waals surface area contributed by atoms with E-state index < -0.39 is 0 Å². The fourth-order valence-corrected chi connectivity index (χ4v) is 2.53. The van der Waals surface area contributed by atoms with Crippen LogP contribution in [-0.4, -0.2) is 27.2 Å². The SMILES string of the molecule is CSC(=O)c1cccc2cc(CNC(=O)c3cnccn3)oc12. The molecule has 0 saturated carbocycles. The predicted molar refractivity (Wildman–Crippen MR) is 87.3 cm³/mol. The van der Waals surface area contributed by atoms with Crippen molar-refractivity contribution in [2.75, 3.05) is 6.26 Å². The first kappa shape index (κ1) is 15.2. The average Bonchev–Trinajstić information content (AvgIpc) is 3.02. The number of aromatic nitrogens is 2. The number of thioether (sulfide) groups is 1. The number of hydrogen-bond donors (Lipinski definition) is 1. The van der Waals surface area contributed by atoms with E-state index in [-0.39, 0.29) is 23.3 Å². The van der Waals surface area contributed by atoms with Crippen molar-refractivity contribution in [3.05, 3.63) is 59.9 Å². The van der Waals surface area contributed by atoms with Crippen LogP contribution in [0.3, 0.4) is 0 Å². The Morgan fingerprint density at radius 3 is 2.91 bits per heavy atom. The van der Waals surface area contributed by atoms with E-state index in [4.69, 9.17) is 4.42 Å². The number of fused-ring (bicyclic) bond motifs is 1. The van der Waals surface area contributed by atoms with Gasteiger partial charge in [0.2, 0.25) is 5.12 Å². The number of para-hydroxylation sites is 1. The van der Waals surface area contributed by atoms with Crippen LogP contribution in [0.2, 0.25) is 0 Å². The monoisotopic (exact) mass is 327 g/mol. The van der Waals surface area contributed by atoms with Crippen molar-refractivity contribution in [3.8, 4) is 0 Å². The van der Waals surface area contributed by atoms with Crippen molar-refractivity contribution < 1.29 is 14.0 Å². The fourth-order valence-electron chi connectivity index (χ4n) is 2.15. The summed E-state index contributed by atoms with van der Waals surface area (Å²) in [5.41, 5.74) is 1.30. The zero-order valence-electron chi connectivity index (χ0n) is 12.3. The van der Waals surface area contributed by atoms with Gasteiger partial charge in [0.25, 0.3) is 5.91 Å².